The number of ether oxygens (including phenoxy) is 1. The van der Waals surface area contributed by atoms with Gasteiger partial charge in [-0.1, -0.05) is 76.2 Å². The van der Waals surface area contributed by atoms with Gasteiger partial charge in [-0.15, -0.1) is 0 Å². The van der Waals surface area contributed by atoms with Crippen molar-refractivity contribution in [3.05, 3.63) is 24.3 Å². The lowest BCUT2D eigenvalue weighted by atomic mass is 10.1. The number of aliphatic hydroxyl groups is 1. The third kappa shape index (κ3) is 24.5. The van der Waals surface area contributed by atoms with Crippen LogP contribution in [-0.4, -0.2) is 59.0 Å². The predicted molar refractivity (Wildman–Crippen MR) is 143 cm³/mol. The van der Waals surface area contributed by atoms with Crippen molar-refractivity contribution in [2.45, 2.75) is 109 Å². The number of carbonyl (C=O) groups excluding carboxylic acids is 1. The van der Waals surface area contributed by atoms with E-state index in [1.807, 2.05) is 0 Å². The lowest BCUT2D eigenvalue weighted by molar-refractivity contribution is -0.147. The third-order valence-electron chi connectivity index (χ3n) is 5.43. The molecule has 37 heavy (non-hydrogen) atoms. The third-order valence-corrected chi connectivity index (χ3v) is 6.38. The Balaban J connectivity index is 3.60. The Kier molecular flexibility index (Phi) is 22.6. The van der Waals surface area contributed by atoms with Crippen molar-refractivity contribution in [3.8, 4) is 0 Å². The molecular formula is C26H48NO9P. The van der Waals surface area contributed by atoms with Gasteiger partial charge in [0, 0.05) is 6.42 Å². The number of rotatable bonds is 25. The Morgan fingerprint density at radius 1 is 0.838 bits per heavy atom. The quantitative estimate of drug-likeness (QED) is 0.0525. The number of esters is 1. The zero-order valence-corrected chi connectivity index (χ0v) is 23.2. The van der Waals surface area contributed by atoms with E-state index in [-0.39, 0.29) is 6.42 Å². The van der Waals surface area contributed by atoms with E-state index in [1.54, 1.807) is 0 Å². The van der Waals surface area contributed by atoms with Crippen molar-refractivity contribution in [2.75, 3.05) is 19.8 Å². The summed E-state index contributed by atoms with van der Waals surface area (Å²) in [5, 5.41) is 18.3. The molecule has 0 aliphatic heterocycles. The van der Waals surface area contributed by atoms with Gasteiger partial charge >= 0.3 is 19.8 Å². The summed E-state index contributed by atoms with van der Waals surface area (Å²) in [6.07, 6.45) is 22.5. The molecule has 3 unspecified atom stereocenters. The maximum Gasteiger partial charge on any atom is 0.472 e. The zero-order valence-electron chi connectivity index (χ0n) is 22.3. The minimum Gasteiger partial charge on any atom is -0.480 e. The Morgan fingerprint density at radius 2 is 1.38 bits per heavy atom. The van der Waals surface area contributed by atoms with Gasteiger partial charge in [0.2, 0.25) is 0 Å². The van der Waals surface area contributed by atoms with Gasteiger partial charge in [0.25, 0.3) is 0 Å². The number of aliphatic hydroxyl groups excluding tert-OH is 1. The Morgan fingerprint density at radius 3 is 1.97 bits per heavy atom. The molecule has 0 saturated carbocycles. The van der Waals surface area contributed by atoms with E-state index in [4.69, 9.17) is 15.6 Å². The number of carbonyl (C=O) groups is 2. The van der Waals surface area contributed by atoms with Crippen LogP contribution in [0.15, 0.2) is 24.3 Å². The highest BCUT2D eigenvalue weighted by atomic mass is 31.2. The maximum absolute atomic E-state index is 11.8. The first-order valence-corrected chi connectivity index (χ1v) is 14.9. The first kappa shape index (κ1) is 35.5. The van der Waals surface area contributed by atoms with Crippen LogP contribution in [0.25, 0.3) is 0 Å². The fraction of sp³-hybridized carbons (Fsp3) is 0.769. The number of unbranched alkanes of at least 4 members (excludes halogenated alkanes) is 10. The van der Waals surface area contributed by atoms with Gasteiger partial charge < -0.3 is 25.6 Å². The fourth-order valence-corrected chi connectivity index (χ4v) is 3.99. The van der Waals surface area contributed by atoms with Gasteiger partial charge in [-0.05, 0) is 38.5 Å². The maximum atomic E-state index is 11.8. The number of hydrogen-bond donors (Lipinski definition) is 4. The SMILES string of the molecule is CCCCC/C=C\C/C=C\CCCCCCCCCC(=O)OCC(O)COP(=O)(O)OCC(N)C(=O)O. The van der Waals surface area contributed by atoms with Crippen molar-refractivity contribution in [2.24, 2.45) is 5.73 Å². The van der Waals surface area contributed by atoms with Crippen LogP contribution in [-0.2, 0) is 27.9 Å². The van der Waals surface area contributed by atoms with Gasteiger partial charge in [-0.2, -0.15) is 0 Å². The molecule has 3 atom stereocenters. The molecule has 5 N–H and O–H groups in total. The van der Waals surface area contributed by atoms with Crippen LogP contribution < -0.4 is 5.73 Å². The minimum atomic E-state index is -4.59. The standard InChI is InChI=1S/C26H48NO9P/c1-2-3-4-5-6-7-8-9-10-11-12-13-14-15-16-17-18-19-25(29)34-20-23(28)21-35-37(32,33)36-22-24(27)26(30)31/h6-7,9-10,23-24,28H,2-5,8,11-22,27H2,1H3,(H,30,31)(H,32,33)/b7-6-,10-9-. The van der Waals surface area contributed by atoms with Crippen LogP contribution >= 0.6 is 7.82 Å². The van der Waals surface area contributed by atoms with Gasteiger partial charge in [0.15, 0.2) is 0 Å². The first-order valence-electron chi connectivity index (χ1n) is 13.4. The highest BCUT2D eigenvalue weighted by molar-refractivity contribution is 7.47. The molecule has 0 spiro atoms. The fourth-order valence-electron chi connectivity index (χ4n) is 3.21. The summed E-state index contributed by atoms with van der Waals surface area (Å²) >= 11 is 0. The second kappa shape index (κ2) is 23.6. The van der Waals surface area contributed by atoms with E-state index < -0.39 is 51.7 Å². The summed E-state index contributed by atoms with van der Waals surface area (Å²) in [6.45, 7) is 0.464. The van der Waals surface area contributed by atoms with Crippen molar-refractivity contribution in [1.82, 2.24) is 0 Å². The molecule has 0 aliphatic carbocycles. The van der Waals surface area contributed by atoms with Gasteiger partial charge in [0.1, 0.15) is 18.8 Å². The number of carboxylic acid groups (broad SMARTS) is 1. The normalized spacial score (nSPS) is 15.1. The molecule has 0 fully saturated rings. The average Bonchev–Trinajstić information content (AvgIpc) is 2.86. The summed E-state index contributed by atoms with van der Waals surface area (Å²) in [4.78, 5) is 31.7. The Bertz CT molecular complexity index is 700. The van der Waals surface area contributed by atoms with Crippen molar-refractivity contribution >= 4 is 19.8 Å². The van der Waals surface area contributed by atoms with E-state index in [0.29, 0.717) is 6.42 Å². The number of phosphoric ester groups is 1. The molecule has 0 aromatic heterocycles. The van der Waals surface area contributed by atoms with Crippen LogP contribution in [0.5, 0.6) is 0 Å². The molecule has 0 saturated heterocycles. The number of allylic oxidation sites excluding steroid dienone is 4. The van der Waals surface area contributed by atoms with Gasteiger partial charge in [-0.25, -0.2) is 4.57 Å². The van der Waals surface area contributed by atoms with Crippen molar-refractivity contribution in [3.63, 3.8) is 0 Å². The summed E-state index contributed by atoms with van der Waals surface area (Å²) in [7, 11) is -4.59. The molecule has 0 aromatic rings. The molecule has 0 rings (SSSR count). The smallest absolute Gasteiger partial charge is 0.472 e. The van der Waals surface area contributed by atoms with Crippen LogP contribution in [0.1, 0.15) is 96.8 Å². The molecule has 0 aromatic carbocycles. The molecule has 0 heterocycles. The Labute approximate surface area is 221 Å². The largest absolute Gasteiger partial charge is 0.480 e. The van der Waals surface area contributed by atoms with E-state index in [9.17, 15) is 24.2 Å². The molecule has 11 heteroatoms. The topological polar surface area (TPSA) is 166 Å². The summed E-state index contributed by atoms with van der Waals surface area (Å²) in [5.74, 6) is -1.86. The van der Waals surface area contributed by atoms with Crippen LogP contribution in [0.3, 0.4) is 0 Å². The lowest BCUT2D eigenvalue weighted by Crippen LogP contribution is -2.34. The van der Waals surface area contributed by atoms with Gasteiger partial charge in [-0.3, -0.25) is 18.6 Å². The number of carboxylic acids is 1. The zero-order chi connectivity index (χ0) is 27.8. The lowest BCUT2D eigenvalue weighted by Gasteiger charge is -2.16. The number of hydrogen-bond acceptors (Lipinski definition) is 8. The highest BCUT2D eigenvalue weighted by Gasteiger charge is 2.26. The van der Waals surface area contributed by atoms with E-state index in [0.717, 1.165) is 32.1 Å². The van der Waals surface area contributed by atoms with Gasteiger partial charge in [0.05, 0.1) is 13.2 Å². The summed E-state index contributed by atoms with van der Waals surface area (Å²) in [6, 6.07) is -1.49. The van der Waals surface area contributed by atoms with Crippen LogP contribution in [0.4, 0.5) is 0 Å². The van der Waals surface area contributed by atoms with Crippen molar-refractivity contribution < 1.29 is 43.0 Å². The number of phosphoric acid groups is 1. The minimum absolute atomic E-state index is 0.236. The molecule has 0 aliphatic rings. The molecule has 0 radical (unpaired) electrons. The molecule has 0 bridgehead atoms. The molecule has 0 amide bonds. The van der Waals surface area contributed by atoms with Crippen molar-refractivity contribution in [1.29, 1.82) is 0 Å². The van der Waals surface area contributed by atoms with E-state index >= 15 is 0 Å². The van der Waals surface area contributed by atoms with Crippen LogP contribution in [0, 0.1) is 0 Å². The first-order chi connectivity index (χ1) is 17.7. The predicted octanol–water partition coefficient (Wildman–Crippen LogP) is 5.03. The second-order valence-corrected chi connectivity index (χ2v) is 10.5. The number of nitrogens with two attached hydrogens (primary N) is 1. The molecule has 216 valence electrons. The monoisotopic (exact) mass is 549 g/mol. The van der Waals surface area contributed by atoms with E-state index in [1.165, 1.54) is 44.9 Å². The molecule has 10 nitrogen and oxygen atoms in total. The summed E-state index contributed by atoms with van der Waals surface area (Å²) < 4.78 is 25.5. The second-order valence-electron chi connectivity index (χ2n) is 9.03. The highest BCUT2D eigenvalue weighted by Crippen LogP contribution is 2.43. The average molecular weight is 550 g/mol. The molecular weight excluding hydrogens is 501 g/mol. The number of aliphatic carboxylic acids is 1. The summed E-state index contributed by atoms with van der Waals surface area (Å²) in [5.41, 5.74) is 5.16. The van der Waals surface area contributed by atoms with Crippen LogP contribution in [0.2, 0.25) is 0 Å². The Hall–Kier alpha value is -1.55. The van der Waals surface area contributed by atoms with E-state index in [2.05, 4.69) is 40.3 Å².